The first-order chi connectivity index (χ1) is 27.2. The van der Waals surface area contributed by atoms with E-state index in [1.54, 1.807) is 50.3 Å². The van der Waals surface area contributed by atoms with Gasteiger partial charge < -0.3 is 20.4 Å². The van der Waals surface area contributed by atoms with Gasteiger partial charge in [0.1, 0.15) is 40.5 Å². The van der Waals surface area contributed by atoms with Crippen LogP contribution in [0.2, 0.25) is 5.02 Å². The van der Waals surface area contributed by atoms with Gasteiger partial charge in [0.05, 0.1) is 40.8 Å². The molecule has 4 atom stereocenters. The van der Waals surface area contributed by atoms with Crippen molar-refractivity contribution in [3.05, 3.63) is 93.0 Å². The molecule has 0 bridgehead atoms. The Labute approximate surface area is 334 Å². The fourth-order valence-corrected chi connectivity index (χ4v) is 7.88. The number of aliphatic hydroxyl groups excluding tert-OH is 1. The van der Waals surface area contributed by atoms with Crippen molar-refractivity contribution in [3.63, 3.8) is 0 Å². The molecule has 1 fully saturated rings. The molecule has 2 aliphatic carbocycles. The predicted molar refractivity (Wildman–Crippen MR) is 203 cm³/mol. The van der Waals surface area contributed by atoms with Gasteiger partial charge >= 0.3 is 0 Å². The van der Waals surface area contributed by atoms with Crippen LogP contribution in [-0.2, 0) is 30.7 Å². The first-order valence-corrected chi connectivity index (χ1v) is 18.6. The average molecular weight is 829 g/mol. The van der Waals surface area contributed by atoms with Crippen LogP contribution in [0.25, 0.3) is 22.0 Å². The molecule has 7 rings (SSSR count). The van der Waals surface area contributed by atoms with Crippen LogP contribution in [0.4, 0.5) is 32.2 Å². The summed E-state index contributed by atoms with van der Waals surface area (Å²) in [6.07, 6.45) is -5.08. The Bertz CT molecular complexity index is 2470. The lowest BCUT2D eigenvalue weighted by Crippen LogP contribution is -2.39. The molecule has 306 valence electrons. The minimum absolute atomic E-state index is 0.0521. The van der Waals surface area contributed by atoms with E-state index in [-0.39, 0.29) is 58.6 Å². The van der Waals surface area contributed by atoms with Crippen molar-refractivity contribution in [3.8, 4) is 23.0 Å². The molecule has 1 saturated carbocycles. The second kappa shape index (κ2) is 15.3. The fourth-order valence-electron chi connectivity index (χ4n) is 7.64. The normalized spacial score (nSPS) is 17.9. The van der Waals surface area contributed by atoms with Gasteiger partial charge in [-0.2, -0.15) is 19.0 Å². The number of rotatable bonds is 12. The average Bonchev–Trinajstić information content (AvgIpc) is 3.65. The zero-order valence-corrected chi connectivity index (χ0v) is 32.6. The van der Waals surface area contributed by atoms with Crippen LogP contribution in [0.3, 0.4) is 0 Å². The summed E-state index contributed by atoms with van der Waals surface area (Å²) in [5, 5.41) is 36.6. The summed E-state index contributed by atoms with van der Waals surface area (Å²) >= 11 is 6.71. The van der Waals surface area contributed by atoms with Crippen LogP contribution >= 0.6 is 11.6 Å². The SMILES string of the molecule is CN(C)CC(=O)Nc1nn(C)c2c(-c3ccc(C#CC(C)(C)O)nc3[C@H](Cc3cc(F)cc(F)c3)NC(O)Cn3nc(C(F)F)c4c3C(F)(F)[C@@H]3C[C@H]43)ccc(Cl)c12. The fraction of sp³-hybridized carbons (Fsp3) is 0.400. The van der Waals surface area contributed by atoms with E-state index in [2.05, 4.69) is 32.7 Å². The number of aliphatic hydroxyl groups is 2. The molecule has 11 nitrogen and oxygen atoms in total. The summed E-state index contributed by atoms with van der Waals surface area (Å²) in [5.41, 5.74) is -1.40. The summed E-state index contributed by atoms with van der Waals surface area (Å²) in [4.78, 5) is 19.3. The van der Waals surface area contributed by atoms with Gasteiger partial charge in [-0.1, -0.05) is 23.6 Å². The van der Waals surface area contributed by atoms with Crippen molar-refractivity contribution in [2.24, 2.45) is 13.0 Å². The molecule has 3 heterocycles. The number of anilines is 1. The Hall–Kier alpha value is -4.99. The molecule has 1 unspecified atom stereocenters. The third-order valence-corrected chi connectivity index (χ3v) is 10.3. The molecule has 0 radical (unpaired) electrons. The van der Waals surface area contributed by atoms with Gasteiger partial charge in [-0.05, 0) is 88.5 Å². The van der Waals surface area contributed by atoms with Gasteiger partial charge in [0, 0.05) is 35.7 Å². The summed E-state index contributed by atoms with van der Waals surface area (Å²) in [6.45, 7) is 2.29. The monoisotopic (exact) mass is 828 g/mol. The molecule has 0 saturated heterocycles. The maximum absolute atomic E-state index is 15.4. The van der Waals surface area contributed by atoms with Crippen molar-refractivity contribution in [2.75, 3.05) is 26.0 Å². The molecule has 5 aromatic rings. The molecule has 4 N–H and O–H groups in total. The largest absolute Gasteiger partial charge is 0.378 e. The smallest absolute Gasteiger partial charge is 0.293 e. The van der Waals surface area contributed by atoms with E-state index in [4.69, 9.17) is 16.6 Å². The van der Waals surface area contributed by atoms with Crippen LogP contribution in [0.15, 0.2) is 42.5 Å². The van der Waals surface area contributed by atoms with Gasteiger partial charge in [0.15, 0.2) is 5.82 Å². The maximum atomic E-state index is 15.4. The van der Waals surface area contributed by atoms with Crippen molar-refractivity contribution in [1.82, 2.24) is 34.8 Å². The third-order valence-electron chi connectivity index (χ3n) is 9.97. The minimum Gasteiger partial charge on any atom is -0.378 e. The molecule has 2 aromatic carbocycles. The Kier molecular flexibility index (Phi) is 10.9. The lowest BCUT2D eigenvalue weighted by atomic mass is 9.93. The maximum Gasteiger partial charge on any atom is 0.293 e. The number of amides is 1. The number of aryl methyl sites for hydroxylation is 1. The van der Waals surface area contributed by atoms with Crippen LogP contribution in [0.5, 0.6) is 0 Å². The van der Waals surface area contributed by atoms with Crippen LogP contribution in [-0.4, -0.2) is 78.0 Å². The number of nitrogens with zero attached hydrogens (tertiary/aromatic N) is 6. The zero-order chi connectivity index (χ0) is 42.0. The highest BCUT2D eigenvalue weighted by Gasteiger charge is 2.67. The van der Waals surface area contributed by atoms with Crippen LogP contribution in [0.1, 0.15) is 72.6 Å². The second-order valence-corrected chi connectivity index (χ2v) is 15.8. The Morgan fingerprint density at radius 1 is 1.09 bits per heavy atom. The number of pyridine rings is 1. The van der Waals surface area contributed by atoms with Crippen molar-refractivity contribution in [2.45, 2.75) is 69.4 Å². The number of benzene rings is 2. The summed E-state index contributed by atoms with van der Waals surface area (Å²) < 4.78 is 90.5. The standard InChI is InChI=1S/C40H39ClF6N8O3/c1-39(2,58)11-10-22-6-7-23(24-8-9-27(41)32-35(24)54(5)52-38(32)50-29(56)17-53(3)4)33(48-22)28(14-19-12-20(42)15-21(43)13-19)49-30(57)18-55-36-31(34(51-55)37(44)45)25-16-26(25)40(36,46)47/h6-9,12-13,15,25-26,28,30,37,49,57-58H,14,16-18H2,1-5H3,(H,50,52,56)/t25-,26+,28-,30?/m0/s1. The Balaban J connectivity index is 1.37. The van der Waals surface area contributed by atoms with E-state index in [1.807, 2.05) is 0 Å². The molecule has 18 heteroatoms. The van der Waals surface area contributed by atoms with Crippen LogP contribution in [0, 0.1) is 29.4 Å². The van der Waals surface area contributed by atoms with Gasteiger partial charge in [0.25, 0.3) is 12.3 Å². The number of nitrogens with one attached hydrogen (secondary N) is 2. The molecular weight excluding hydrogens is 790 g/mol. The number of carbonyl (C=O) groups is 1. The topological polar surface area (TPSA) is 133 Å². The van der Waals surface area contributed by atoms with Gasteiger partial charge in [-0.25, -0.2) is 22.5 Å². The lowest BCUT2D eigenvalue weighted by Gasteiger charge is -2.26. The first-order valence-electron chi connectivity index (χ1n) is 18.2. The molecule has 0 aliphatic heterocycles. The Morgan fingerprint density at radius 2 is 1.78 bits per heavy atom. The van der Waals surface area contributed by atoms with Crippen LogP contribution < -0.4 is 10.6 Å². The number of hydrogen-bond acceptors (Lipinski definition) is 8. The van der Waals surface area contributed by atoms with E-state index in [0.717, 1.165) is 12.1 Å². The third kappa shape index (κ3) is 8.16. The molecule has 1 amide bonds. The number of halogens is 7. The number of aromatic nitrogens is 5. The van der Waals surface area contributed by atoms with E-state index < -0.39 is 71.6 Å². The number of fused-ring (bicyclic) bond motifs is 4. The summed E-state index contributed by atoms with van der Waals surface area (Å²) in [5.74, 6) is -1.81. The molecular formula is C40H39ClF6N8O3. The first kappa shape index (κ1) is 41.2. The second-order valence-electron chi connectivity index (χ2n) is 15.4. The van der Waals surface area contributed by atoms with Gasteiger partial charge in [-0.3, -0.25) is 19.5 Å². The molecule has 0 spiro atoms. The van der Waals surface area contributed by atoms with Crippen molar-refractivity contribution >= 4 is 34.2 Å². The van der Waals surface area contributed by atoms with E-state index in [0.29, 0.717) is 32.8 Å². The highest BCUT2D eigenvalue weighted by molar-refractivity contribution is 6.37. The van der Waals surface area contributed by atoms with E-state index in [9.17, 15) is 32.6 Å². The van der Waals surface area contributed by atoms with E-state index >= 15 is 8.78 Å². The number of carbonyl (C=O) groups excluding carboxylic acids is 1. The predicted octanol–water partition coefficient (Wildman–Crippen LogP) is 6.42. The highest BCUT2D eigenvalue weighted by atomic mass is 35.5. The van der Waals surface area contributed by atoms with Crippen molar-refractivity contribution < 1.29 is 41.4 Å². The zero-order valence-electron chi connectivity index (χ0n) is 31.9. The van der Waals surface area contributed by atoms with E-state index in [1.165, 1.54) is 18.5 Å². The molecule has 2 aliphatic rings. The van der Waals surface area contributed by atoms with Crippen molar-refractivity contribution in [1.29, 1.82) is 0 Å². The Morgan fingerprint density at radius 3 is 2.43 bits per heavy atom. The number of hydrogen-bond donors (Lipinski definition) is 4. The molecule has 58 heavy (non-hydrogen) atoms. The van der Waals surface area contributed by atoms with Gasteiger partial charge in [-0.15, -0.1) is 0 Å². The summed E-state index contributed by atoms with van der Waals surface area (Å²) in [7, 11) is 5.08. The number of likely N-dealkylation sites (N-methyl/N-ethyl adjacent to an activating group) is 1. The minimum atomic E-state index is -3.45. The summed E-state index contributed by atoms with van der Waals surface area (Å²) in [6, 6.07) is 8.12. The highest BCUT2D eigenvalue weighted by Crippen LogP contribution is 2.68. The lowest BCUT2D eigenvalue weighted by molar-refractivity contribution is -0.116. The van der Waals surface area contributed by atoms with Gasteiger partial charge in [0.2, 0.25) is 5.91 Å². The number of alkyl halides is 4. The molecule has 3 aromatic heterocycles. The quantitative estimate of drug-likeness (QED) is 0.0644.